The summed E-state index contributed by atoms with van der Waals surface area (Å²) in [6, 6.07) is 0. The molecule has 0 spiro atoms. The molecule has 0 aromatic carbocycles. The van der Waals surface area contributed by atoms with E-state index in [2.05, 4.69) is 14.9 Å². The molecule has 1 heterocycles. The van der Waals surface area contributed by atoms with E-state index in [-0.39, 0.29) is 5.91 Å². The van der Waals surface area contributed by atoms with Gasteiger partial charge in [-0.25, -0.2) is 0 Å². The Kier molecular flexibility index (Phi) is 4.55. The van der Waals surface area contributed by atoms with E-state index < -0.39 is 0 Å². The van der Waals surface area contributed by atoms with Crippen molar-refractivity contribution in [3.05, 3.63) is 22.7 Å². The molecule has 0 saturated heterocycles. The molecule has 0 atom stereocenters. The molecule has 0 aliphatic rings. The Morgan fingerprint density at radius 3 is 3.00 bits per heavy atom. The second-order valence-corrected chi connectivity index (χ2v) is 3.59. The fourth-order valence-corrected chi connectivity index (χ4v) is 1.52. The van der Waals surface area contributed by atoms with Crippen molar-refractivity contribution in [1.29, 1.82) is 0 Å². The molecular weight excluding hydrogens is 222 g/mol. The number of amides is 1. The maximum atomic E-state index is 11.4. The summed E-state index contributed by atoms with van der Waals surface area (Å²) in [6.07, 6.45) is 3.58. The molecule has 6 heteroatoms. The minimum absolute atomic E-state index is 0.142. The maximum Gasteiger partial charge on any atom is 0.265 e. The first-order chi connectivity index (χ1) is 6.75. The van der Waals surface area contributed by atoms with Gasteiger partial charge in [0.15, 0.2) is 0 Å². The fourth-order valence-electron chi connectivity index (χ4n) is 0.818. The molecule has 4 nitrogen and oxygen atoms in total. The highest BCUT2D eigenvalue weighted by Crippen LogP contribution is 2.07. The third-order valence-corrected chi connectivity index (χ3v) is 2.50. The zero-order valence-electron chi connectivity index (χ0n) is 7.66. The van der Waals surface area contributed by atoms with Crippen molar-refractivity contribution in [3.8, 4) is 0 Å². The van der Waals surface area contributed by atoms with E-state index in [9.17, 15) is 4.79 Å². The Morgan fingerprint density at radius 2 is 2.43 bits per heavy atom. The molecule has 0 aliphatic heterocycles. The van der Waals surface area contributed by atoms with Crippen molar-refractivity contribution in [2.24, 2.45) is 0 Å². The van der Waals surface area contributed by atoms with Crippen LogP contribution in [-0.2, 0) is 0 Å². The van der Waals surface area contributed by atoms with Gasteiger partial charge >= 0.3 is 0 Å². The first kappa shape index (κ1) is 11.1. The van der Waals surface area contributed by atoms with Crippen LogP contribution in [0.15, 0.2) is 12.2 Å². The number of carbonyl (C=O) groups is 1. The first-order valence-corrected chi connectivity index (χ1v) is 5.34. The number of nitrogens with zero attached hydrogens (tertiary/aromatic N) is 2. The molecule has 1 amide bonds. The summed E-state index contributed by atoms with van der Waals surface area (Å²) in [4.78, 5) is 12.0. The van der Waals surface area contributed by atoms with Gasteiger partial charge in [-0.1, -0.05) is 16.6 Å². The predicted octanol–water partition coefficient (Wildman–Crippen LogP) is 1.37. The van der Waals surface area contributed by atoms with Gasteiger partial charge in [-0.3, -0.25) is 4.79 Å². The summed E-state index contributed by atoms with van der Waals surface area (Å²) in [5.74, 6) is 0.313. The van der Waals surface area contributed by atoms with Gasteiger partial charge in [-0.05, 0) is 18.5 Å². The van der Waals surface area contributed by atoms with Crippen LogP contribution in [0.3, 0.4) is 0 Å². The fraction of sp³-hybridized carbons (Fsp3) is 0.375. The van der Waals surface area contributed by atoms with Crippen molar-refractivity contribution >= 4 is 29.0 Å². The van der Waals surface area contributed by atoms with Crippen LogP contribution in [0.5, 0.6) is 0 Å². The number of aryl methyl sites for hydroxylation is 1. The monoisotopic (exact) mass is 231 g/mol. The van der Waals surface area contributed by atoms with Crippen LogP contribution in [0, 0.1) is 6.92 Å². The van der Waals surface area contributed by atoms with Crippen LogP contribution in [0.4, 0.5) is 0 Å². The topological polar surface area (TPSA) is 54.9 Å². The molecule has 1 aromatic heterocycles. The van der Waals surface area contributed by atoms with Crippen molar-refractivity contribution in [1.82, 2.24) is 14.9 Å². The molecular formula is C8H10ClN3OS. The zero-order chi connectivity index (χ0) is 10.4. The second kappa shape index (κ2) is 5.72. The Morgan fingerprint density at radius 1 is 1.64 bits per heavy atom. The SMILES string of the molecule is Cc1nnsc1C(=O)NC/C=C/CCl. The number of hydrogen-bond acceptors (Lipinski definition) is 4. The lowest BCUT2D eigenvalue weighted by molar-refractivity contribution is 0.0961. The average molecular weight is 232 g/mol. The van der Waals surface area contributed by atoms with Crippen LogP contribution < -0.4 is 5.32 Å². The molecule has 76 valence electrons. The molecule has 1 aromatic rings. The lowest BCUT2D eigenvalue weighted by atomic mass is 10.4. The van der Waals surface area contributed by atoms with E-state index in [0.717, 1.165) is 11.5 Å². The number of aromatic nitrogens is 2. The normalized spacial score (nSPS) is 10.7. The van der Waals surface area contributed by atoms with Gasteiger partial charge in [0.25, 0.3) is 5.91 Å². The van der Waals surface area contributed by atoms with E-state index in [1.807, 2.05) is 0 Å². The maximum absolute atomic E-state index is 11.4. The standard InChI is InChI=1S/C8H10ClN3OS/c1-6-7(14-12-11-6)8(13)10-5-3-2-4-9/h2-3H,4-5H2,1H3,(H,10,13)/b3-2+. The summed E-state index contributed by atoms with van der Waals surface area (Å²) in [5.41, 5.74) is 0.661. The van der Waals surface area contributed by atoms with E-state index in [0.29, 0.717) is 23.0 Å². The van der Waals surface area contributed by atoms with E-state index in [1.165, 1.54) is 0 Å². The Balaban J connectivity index is 2.44. The van der Waals surface area contributed by atoms with Crippen LogP contribution in [0.2, 0.25) is 0 Å². The molecule has 14 heavy (non-hydrogen) atoms. The highest BCUT2D eigenvalue weighted by Gasteiger charge is 2.11. The molecule has 0 bridgehead atoms. The lowest BCUT2D eigenvalue weighted by Crippen LogP contribution is -2.23. The van der Waals surface area contributed by atoms with Crippen molar-refractivity contribution in [2.75, 3.05) is 12.4 Å². The van der Waals surface area contributed by atoms with E-state index >= 15 is 0 Å². The molecule has 1 rings (SSSR count). The van der Waals surface area contributed by atoms with E-state index in [4.69, 9.17) is 11.6 Å². The third-order valence-electron chi connectivity index (χ3n) is 1.49. The third kappa shape index (κ3) is 3.08. The van der Waals surface area contributed by atoms with Gasteiger partial charge in [0.1, 0.15) is 4.88 Å². The smallest absolute Gasteiger partial charge is 0.265 e. The average Bonchev–Trinajstić information content (AvgIpc) is 2.59. The van der Waals surface area contributed by atoms with Crippen LogP contribution in [-0.4, -0.2) is 27.9 Å². The number of hydrogen-bond donors (Lipinski definition) is 1. The van der Waals surface area contributed by atoms with Gasteiger partial charge < -0.3 is 5.32 Å². The van der Waals surface area contributed by atoms with Crippen molar-refractivity contribution in [2.45, 2.75) is 6.92 Å². The number of halogens is 1. The minimum atomic E-state index is -0.142. The molecule has 1 N–H and O–H groups in total. The zero-order valence-corrected chi connectivity index (χ0v) is 9.23. The van der Waals surface area contributed by atoms with Crippen LogP contribution >= 0.6 is 23.1 Å². The highest BCUT2D eigenvalue weighted by atomic mass is 35.5. The first-order valence-electron chi connectivity index (χ1n) is 4.04. The van der Waals surface area contributed by atoms with Gasteiger partial charge in [0, 0.05) is 12.4 Å². The van der Waals surface area contributed by atoms with Crippen LogP contribution in [0.25, 0.3) is 0 Å². The lowest BCUT2D eigenvalue weighted by Gasteiger charge is -1.98. The molecule has 0 radical (unpaired) electrons. The quantitative estimate of drug-likeness (QED) is 0.629. The second-order valence-electron chi connectivity index (χ2n) is 2.52. The number of carbonyl (C=O) groups excluding carboxylic acids is 1. The van der Waals surface area contributed by atoms with Crippen molar-refractivity contribution in [3.63, 3.8) is 0 Å². The molecule has 0 aliphatic carbocycles. The molecule has 0 fully saturated rings. The predicted molar refractivity (Wildman–Crippen MR) is 56.8 cm³/mol. The Bertz CT molecular complexity index is 337. The van der Waals surface area contributed by atoms with Gasteiger partial charge in [-0.2, -0.15) is 0 Å². The number of rotatable bonds is 4. The molecule has 0 saturated carbocycles. The highest BCUT2D eigenvalue weighted by molar-refractivity contribution is 7.07. The van der Waals surface area contributed by atoms with Gasteiger partial charge in [0.05, 0.1) is 5.69 Å². The summed E-state index contributed by atoms with van der Waals surface area (Å²) < 4.78 is 3.68. The summed E-state index contributed by atoms with van der Waals surface area (Å²) in [5, 5.41) is 6.46. The summed E-state index contributed by atoms with van der Waals surface area (Å²) >= 11 is 6.52. The number of alkyl halides is 1. The van der Waals surface area contributed by atoms with Crippen molar-refractivity contribution < 1.29 is 4.79 Å². The number of nitrogens with one attached hydrogen (secondary N) is 1. The van der Waals surface area contributed by atoms with Crippen LogP contribution in [0.1, 0.15) is 15.4 Å². The summed E-state index contributed by atoms with van der Waals surface area (Å²) in [6.45, 7) is 2.23. The van der Waals surface area contributed by atoms with Gasteiger partial charge in [0.2, 0.25) is 0 Å². The minimum Gasteiger partial charge on any atom is -0.348 e. The summed E-state index contributed by atoms with van der Waals surface area (Å²) in [7, 11) is 0. The Labute approximate surface area is 91.1 Å². The van der Waals surface area contributed by atoms with E-state index in [1.54, 1.807) is 19.1 Å². The molecule has 0 unspecified atom stereocenters. The number of allylic oxidation sites excluding steroid dienone is 1. The van der Waals surface area contributed by atoms with Gasteiger partial charge in [-0.15, -0.1) is 16.7 Å². The Hall–Kier alpha value is -0.940. The largest absolute Gasteiger partial charge is 0.348 e.